The van der Waals surface area contributed by atoms with Crippen molar-refractivity contribution in [1.29, 1.82) is 0 Å². The van der Waals surface area contributed by atoms with Crippen LogP contribution in [-0.4, -0.2) is 18.8 Å². The number of nitrogens with two attached hydrogens (primary N) is 1. The zero-order valence-corrected chi connectivity index (χ0v) is 9.42. The normalized spacial score (nSPS) is 24.6. The Bertz CT molecular complexity index is 375. The van der Waals surface area contributed by atoms with E-state index in [1.54, 1.807) is 12.1 Å². The molecule has 1 fully saturated rings. The van der Waals surface area contributed by atoms with E-state index in [9.17, 15) is 4.39 Å². The molecule has 1 atom stereocenters. The van der Waals surface area contributed by atoms with Gasteiger partial charge in [-0.15, -0.1) is 0 Å². The predicted molar refractivity (Wildman–Crippen MR) is 62.9 cm³/mol. The molecule has 1 unspecified atom stereocenters. The smallest absolute Gasteiger partial charge is 0.148 e. The van der Waals surface area contributed by atoms with Crippen LogP contribution in [0.5, 0.6) is 0 Å². The lowest BCUT2D eigenvalue weighted by Gasteiger charge is -2.24. The molecule has 0 aliphatic carbocycles. The summed E-state index contributed by atoms with van der Waals surface area (Å²) < 4.78 is 19.1. The highest BCUT2D eigenvalue weighted by atomic mass is 19.1. The summed E-state index contributed by atoms with van der Waals surface area (Å²) >= 11 is 0. The van der Waals surface area contributed by atoms with Crippen molar-refractivity contribution in [1.82, 2.24) is 0 Å². The highest BCUT2D eigenvalue weighted by Gasteiger charge is 2.29. The van der Waals surface area contributed by atoms with E-state index in [0.29, 0.717) is 17.9 Å². The first kappa shape index (κ1) is 11.2. The Morgan fingerprint density at radius 1 is 1.56 bits per heavy atom. The molecule has 3 nitrogen and oxygen atoms in total. The van der Waals surface area contributed by atoms with Crippen molar-refractivity contribution in [3.63, 3.8) is 0 Å². The Kier molecular flexibility index (Phi) is 3.01. The van der Waals surface area contributed by atoms with E-state index >= 15 is 0 Å². The van der Waals surface area contributed by atoms with Gasteiger partial charge in [0.25, 0.3) is 0 Å². The predicted octanol–water partition coefficient (Wildman–Crippen LogP) is 2.39. The number of hydrogen-bond donors (Lipinski definition) is 2. The van der Waals surface area contributed by atoms with Gasteiger partial charge in [-0.1, -0.05) is 0 Å². The summed E-state index contributed by atoms with van der Waals surface area (Å²) in [6.45, 7) is 3.46. The van der Waals surface area contributed by atoms with E-state index in [1.807, 2.05) is 6.92 Å². The van der Waals surface area contributed by atoms with E-state index in [0.717, 1.165) is 19.4 Å². The van der Waals surface area contributed by atoms with Gasteiger partial charge in [0.2, 0.25) is 0 Å². The van der Waals surface area contributed by atoms with Crippen molar-refractivity contribution in [2.75, 3.05) is 24.2 Å². The average Bonchev–Trinajstić information content (AvgIpc) is 2.64. The minimum absolute atomic E-state index is 0.173. The van der Waals surface area contributed by atoms with Crippen molar-refractivity contribution in [3.05, 3.63) is 24.0 Å². The van der Waals surface area contributed by atoms with Crippen molar-refractivity contribution in [3.8, 4) is 0 Å². The highest BCUT2D eigenvalue weighted by molar-refractivity contribution is 5.52. The molecule has 3 N–H and O–H groups in total. The van der Waals surface area contributed by atoms with Crippen LogP contribution in [0.25, 0.3) is 0 Å². The summed E-state index contributed by atoms with van der Waals surface area (Å²) in [4.78, 5) is 0. The first-order valence-electron chi connectivity index (χ1n) is 5.52. The van der Waals surface area contributed by atoms with Gasteiger partial charge in [-0.25, -0.2) is 4.39 Å². The Morgan fingerprint density at radius 3 is 3.00 bits per heavy atom. The maximum Gasteiger partial charge on any atom is 0.148 e. The third-order valence-corrected chi connectivity index (χ3v) is 2.95. The molecule has 16 heavy (non-hydrogen) atoms. The number of benzene rings is 1. The zero-order valence-electron chi connectivity index (χ0n) is 9.42. The van der Waals surface area contributed by atoms with Crippen molar-refractivity contribution in [2.45, 2.75) is 25.4 Å². The number of nitrogen functional groups attached to an aromatic ring is 1. The van der Waals surface area contributed by atoms with Gasteiger partial charge in [-0.3, -0.25) is 0 Å². The molecule has 1 aliphatic rings. The number of nitrogens with one attached hydrogen (secondary N) is 1. The maximum absolute atomic E-state index is 13.5. The molecule has 0 spiro atoms. The van der Waals surface area contributed by atoms with Crippen LogP contribution < -0.4 is 11.1 Å². The summed E-state index contributed by atoms with van der Waals surface area (Å²) in [5.74, 6) is -0.318. The Labute approximate surface area is 94.8 Å². The Hall–Kier alpha value is -1.29. The third-order valence-electron chi connectivity index (χ3n) is 2.95. The van der Waals surface area contributed by atoms with Gasteiger partial charge < -0.3 is 15.8 Å². The minimum atomic E-state index is -0.318. The maximum atomic E-state index is 13.5. The molecule has 1 aromatic rings. The van der Waals surface area contributed by atoms with Gasteiger partial charge in [0, 0.05) is 18.8 Å². The van der Waals surface area contributed by atoms with Crippen LogP contribution >= 0.6 is 0 Å². The van der Waals surface area contributed by atoms with Crippen LogP contribution in [0.2, 0.25) is 0 Å². The molecule has 1 saturated heterocycles. The second-order valence-electron chi connectivity index (χ2n) is 4.49. The highest BCUT2D eigenvalue weighted by Crippen LogP contribution is 2.26. The topological polar surface area (TPSA) is 47.3 Å². The zero-order chi connectivity index (χ0) is 11.6. The lowest BCUT2D eigenvalue weighted by Crippen LogP contribution is -2.32. The first-order chi connectivity index (χ1) is 7.59. The van der Waals surface area contributed by atoms with Gasteiger partial charge in [0.05, 0.1) is 11.3 Å². The van der Waals surface area contributed by atoms with Crippen LogP contribution in [0.3, 0.4) is 0 Å². The lowest BCUT2D eigenvalue weighted by molar-refractivity contribution is 0.0315. The van der Waals surface area contributed by atoms with E-state index < -0.39 is 0 Å². The van der Waals surface area contributed by atoms with Crippen molar-refractivity contribution >= 4 is 11.4 Å². The molecule has 0 bridgehead atoms. The second-order valence-corrected chi connectivity index (χ2v) is 4.49. The number of ether oxygens (including phenoxy) is 1. The number of hydrogen-bond acceptors (Lipinski definition) is 3. The van der Waals surface area contributed by atoms with E-state index in [2.05, 4.69) is 5.32 Å². The molecule has 0 aromatic heterocycles. The van der Waals surface area contributed by atoms with Crippen LogP contribution in [0.4, 0.5) is 15.8 Å². The summed E-state index contributed by atoms with van der Waals surface area (Å²) in [7, 11) is 0. The lowest BCUT2D eigenvalue weighted by atomic mass is 10.0. The van der Waals surface area contributed by atoms with Gasteiger partial charge in [-0.05, 0) is 38.0 Å². The second kappa shape index (κ2) is 4.29. The molecule has 0 amide bonds. The number of anilines is 2. The fraction of sp³-hybridized carbons (Fsp3) is 0.500. The van der Waals surface area contributed by atoms with Crippen molar-refractivity contribution < 1.29 is 9.13 Å². The summed E-state index contributed by atoms with van der Waals surface area (Å²) in [6.07, 6.45) is 2.08. The molecular formula is C12H17FN2O. The summed E-state index contributed by atoms with van der Waals surface area (Å²) in [5.41, 5.74) is 6.22. The third kappa shape index (κ3) is 2.44. The molecule has 88 valence electrons. The van der Waals surface area contributed by atoms with Crippen LogP contribution in [-0.2, 0) is 4.74 Å². The summed E-state index contributed by atoms with van der Waals surface area (Å²) in [5, 5.41) is 3.07. The molecule has 1 heterocycles. The van der Waals surface area contributed by atoms with Gasteiger partial charge in [0.15, 0.2) is 0 Å². The van der Waals surface area contributed by atoms with Gasteiger partial charge in [-0.2, -0.15) is 0 Å². The molecular weight excluding hydrogens is 207 g/mol. The fourth-order valence-corrected chi connectivity index (χ4v) is 1.93. The quantitative estimate of drug-likeness (QED) is 0.775. The molecule has 1 aromatic carbocycles. The monoisotopic (exact) mass is 224 g/mol. The fourth-order valence-electron chi connectivity index (χ4n) is 1.93. The minimum Gasteiger partial charge on any atom is -0.399 e. The van der Waals surface area contributed by atoms with E-state index in [4.69, 9.17) is 10.5 Å². The SMILES string of the molecule is CC1(CNc2ccc(N)cc2F)CCCO1. The van der Waals surface area contributed by atoms with Gasteiger partial charge in [0.1, 0.15) is 5.82 Å². The molecule has 2 rings (SSSR count). The first-order valence-corrected chi connectivity index (χ1v) is 5.52. The van der Waals surface area contributed by atoms with E-state index in [-0.39, 0.29) is 11.4 Å². The standard InChI is InChI=1S/C12H17FN2O/c1-12(5-2-6-16-12)8-15-11-4-3-9(14)7-10(11)13/h3-4,7,15H,2,5-6,8,14H2,1H3. The van der Waals surface area contributed by atoms with Crippen LogP contribution in [0.15, 0.2) is 18.2 Å². The van der Waals surface area contributed by atoms with Crippen LogP contribution in [0, 0.1) is 5.82 Å². The average molecular weight is 224 g/mol. The molecule has 0 radical (unpaired) electrons. The summed E-state index contributed by atoms with van der Waals surface area (Å²) in [6, 6.07) is 4.66. The Morgan fingerprint density at radius 2 is 2.38 bits per heavy atom. The Balaban J connectivity index is 1.99. The molecule has 0 saturated carbocycles. The van der Waals surface area contributed by atoms with Crippen LogP contribution in [0.1, 0.15) is 19.8 Å². The van der Waals surface area contributed by atoms with Gasteiger partial charge >= 0.3 is 0 Å². The van der Waals surface area contributed by atoms with Crippen molar-refractivity contribution in [2.24, 2.45) is 0 Å². The largest absolute Gasteiger partial charge is 0.399 e. The number of halogens is 1. The van der Waals surface area contributed by atoms with E-state index in [1.165, 1.54) is 6.07 Å². The molecule has 4 heteroatoms. The number of rotatable bonds is 3. The molecule has 1 aliphatic heterocycles.